The number of benzene rings is 1. The van der Waals surface area contributed by atoms with E-state index in [-0.39, 0.29) is 88.7 Å². The minimum atomic E-state index is -1.55. The number of likely N-dealkylation sites (tertiary alicyclic amines) is 1. The van der Waals surface area contributed by atoms with Gasteiger partial charge in [0.25, 0.3) is 5.91 Å². The minimum absolute atomic E-state index is 0. The van der Waals surface area contributed by atoms with Gasteiger partial charge in [-0.15, -0.1) is 0 Å². The van der Waals surface area contributed by atoms with Crippen molar-refractivity contribution in [2.24, 2.45) is 5.92 Å². The molecule has 1 saturated heterocycles. The summed E-state index contributed by atoms with van der Waals surface area (Å²) in [5.41, 5.74) is 0.397. The molecule has 0 aromatic heterocycles. The SMILES string of the molecule is CC(C)/C(C(=O)[O-])=C(\Cc1ccc(C(=O)N2CCC(O)CC2)cc1)C(=O)[O-].[Na+].[Na+]. The number of carbonyl (C=O) groups is 3. The number of nitrogens with zero attached hydrogens (tertiary/aromatic N) is 1. The molecular formula is C20H23NNa2O6. The second-order valence-corrected chi connectivity index (χ2v) is 7.02. The van der Waals surface area contributed by atoms with Crippen LogP contribution >= 0.6 is 0 Å². The third-order valence-corrected chi connectivity index (χ3v) is 4.70. The zero-order valence-electron chi connectivity index (χ0n) is 17.4. The molecule has 1 aliphatic heterocycles. The Morgan fingerprint density at radius 1 is 1.03 bits per heavy atom. The Bertz CT molecular complexity index is 753. The summed E-state index contributed by atoms with van der Waals surface area (Å²) < 4.78 is 0. The van der Waals surface area contributed by atoms with Gasteiger partial charge in [0, 0.05) is 18.7 Å². The number of amides is 1. The number of hydrogen-bond acceptors (Lipinski definition) is 6. The van der Waals surface area contributed by atoms with Crippen molar-refractivity contribution in [3.63, 3.8) is 0 Å². The molecule has 0 bridgehead atoms. The van der Waals surface area contributed by atoms with Crippen molar-refractivity contribution in [3.05, 3.63) is 46.5 Å². The molecule has 1 fully saturated rings. The quantitative estimate of drug-likeness (QED) is 0.362. The van der Waals surface area contributed by atoms with Crippen LogP contribution in [0.25, 0.3) is 0 Å². The topological polar surface area (TPSA) is 121 Å². The van der Waals surface area contributed by atoms with Crippen LogP contribution in [0.4, 0.5) is 0 Å². The van der Waals surface area contributed by atoms with Gasteiger partial charge in [0.1, 0.15) is 0 Å². The van der Waals surface area contributed by atoms with E-state index in [2.05, 4.69) is 0 Å². The van der Waals surface area contributed by atoms with Gasteiger partial charge in [-0.3, -0.25) is 4.79 Å². The second-order valence-electron chi connectivity index (χ2n) is 7.02. The van der Waals surface area contributed by atoms with Gasteiger partial charge in [0.15, 0.2) is 0 Å². The Hall–Kier alpha value is -0.670. The Labute approximate surface area is 214 Å². The number of carboxylic acids is 2. The predicted octanol–water partition coefficient (Wildman–Crippen LogP) is -6.71. The maximum Gasteiger partial charge on any atom is 1.00 e. The normalized spacial score (nSPS) is 15.1. The first-order valence-corrected chi connectivity index (χ1v) is 8.92. The fourth-order valence-electron chi connectivity index (χ4n) is 3.21. The van der Waals surface area contributed by atoms with Gasteiger partial charge in [-0.1, -0.05) is 26.0 Å². The largest absolute Gasteiger partial charge is 1.00 e. The molecule has 0 spiro atoms. The maximum absolute atomic E-state index is 12.5. The molecule has 2 rings (SSSR count). The van der Waals surface area contributed by atoms with Gasteiger partial charge in [0.2, 0.25) is 0 Å². The molecule has 0 unspecified atom stereocenters. The van der Waals surface area contributed by atoms with E-state index in [0.29, 0.717) is 37.1 Å². The molecule has 29 heavy (non-hydrogen) atoms. The van der Waals surface area contributed by atoms with Crippen LogP contribution in [0.2, 0.25) is 0 Å². The summed E-state index contributed by atoms with van der Waals surface area (Å²) in [6.07, 6.45) is 0.592. The zero-order valence-corrected chi connectivity index (χ0v) is 21.4. The van der Waals surface area contributed by atoms with Gasteiger partial charge in [-0.2, -0.15) is 0 Å². The number of aliphatic hydroxyl groups is 1. The molecule has 7 nitrogen and oxygen atoms in total. The molecule has 1 amide bonds. The van der Waals surface area contributed by atoms with Crippen LogP contribution in [-0.2, 0) is 16.0 Å². The van der Waals surface area contributed by atoms with Crippen molar-refractivity contribution in [3.8, 4) is 0 Å². The summed E-state index contributed by atoms with van der Waals surface area (Å²) in [6.45, 7) is 4.13. The molecule has 1 heterocycles. The van der Waals surface area contributed by atoms with Gasteiger partial charge in [-0.25, -0.2) is 0 Å². The predicted molar refractivity (Wildman–Crippen MR) is 93.2 cm³/mol. The molecule has 1 aromatic carbocycles. The molecule has 146 valence electrons. The van der Waals surface area contributed by atoms with E-state index in [1.165, 1.54) is 0 Å². The monoisotopic (exact) mass is 419 g/mol. The van der Waals surface area contributed by atoms with Crippen LogP contribution in [0, 0.1) is 5.92 Å². The average Bonchev–Trinajstić information content (AvgIpc) is 2.61. The molecule has 0 aliphatic carbocycles. The number of aliphatic carboxylic acids is 2. The van der Waals surface area contributed by atoms with Gasteiger partial charge < -0.3 is 29.8 Å². The van der Waals surface area contributed by atoms with Crippen LogP contribution < -0.4 is 69.3 Å². The summed E-state index contributed by atoms with van der Waals surface area (Å²) in [5.74, 6) is -3.75. The van der Waals surface area contributed by atoms with E-state index in [9.17, 15) is 29.7 Å². The van der Waals surface area contributed by atoms with Gasteiger partial charge in [0.05, 0.1) is 18.0 Å². The van der Waals surface area contributed by atoms with Crippen LogP contribution in [0.15, 0.2) is 35.4 Å². The van der Waals surface area contributed by atoms with Crippen LogP contribution in [0.1, 0.15) is 42.6 Å². The van der Waals surface area contributed by atoms with Gasteiger partial charge >= 0.3 is 59.1 Å². The van der Waals surface area contributed by atoms with Crippen molar-refractivity contribution in [1.29, 1.82) is 0 Å². The van der Waals surface area contributed by atoms with Crippen molar-refractivity contribution >= 4 is 17.8 Å². The molecule has 1 aliphatic rings. The number of carbonyl (C=O) groups excluding carboxylic acids is 3. The number of hydrogen-bond donors (Lipinski definition) is 1. The Kier molecular flexibility index (Phi) is 12.6. The van der Waals surface area contributed by atoms with Crippen molar-refractivity contribution < 1.29 is 88.8 Å². The second kappa shape index (κ2) is 12.9. The number of piperidine rings is 1. The number of carboxylic acid groups (broad SMARTS) is 2. The summed E-state index contributed by atoms with van der Waals surface area (Å²) >= 11 is 0. The van der Waals surface area contributed by atoms with Crippen LogP contribution in [-0.4, -0.2) is 47.0 Å². The van der Waals surface area contributed by atoms with Crippen molar-refractivity contribution in [1.82, 2.24) is 4.90 Å². The fourth-order valence-corrected chi connectivity index (χ4v) is 3.21. The first-order chi connectivity index (χ1) is 12.7. The van der Waals surface area contributed by atoms with E-state index in [0.717, 1.165) is 0 Å². The molecule has 9 heteroatoms. The minimum Gasteiger partial charge on any atom is -0.545 e. The van der Waals surface area contributed by atoms with Crippen LogP contribution in [0.3, 0.4) is 0 Å². The summed E-state index contributed by atoms with van der Waals surface area (Å²) in [5, 5.41) is 32.2. The smallest absolute Gasteiger partial charge is 0.545 e. The first-order valence-electron chi connectivity index (χ1n) is 8.92. The van der Waals surface area contributed by atoms with Crippen molar-refractivity contribution in [2.45, 2.75) is 39.2 Å². The van der Waals surface area contributed by atoms with E-state index in [1.54, 1.807) is 43.0 Å². The molecular weight excluding hydrogens is 396 g/mol. The van der Waals surface area contributed by atoms with E-state index in [1.807, 2.05) is 0 Å². The van der Waals surface area contributed by atoms with Crippen molar-refractivity contribution in [2.75, 3.05) is 13.1 Å². The molecule has 1 N–H and O–H groups in total. The van der Waals surface area contributed by atoms with E-state index in [4.69, 9.17) is 0 Å². The maximum atomic E-state index is 12.5. The third-order valence-electron chi connectivity index (χ3n) is 4.70. The fraction of sp³-hybridized carbons (Fsp3) is 0.450. The summed E-state index contributed by atoms with van der Waals surface area (Å²) in [4.78, 5) is 36.9. The molecule has 0 radical (unpaired) electrons. The number of rotatable bonds is 6. The van der Waals surface area contributed by atoms with Gasteiger partial charge in [-0.05, 0) is 54.0 Å². The molecule has 0 saturated carbocycles. The number of aliphatic hydroxyl groups excluding tert-OH is 1. The van der Waals surface area contributed by atoms with Crippen LogP contribution in [0.5, 0.6) is 0 Å². The Morgan fingerprint density at radius 2 is 1.55 bits per heavy atom. The Morgan fingerprint density at radius 3 is 1.97 bits per heavy atom. The summed E-state index contributed by atoms with van der Waals surface area (Å²) in [7, 11) is 0. The van der Waals surface area contributed by atoms with E-state index < -0.39 is 17.9 Å². The summed E-state index contributed by atoms with van der Waals surface area (Å²) in [6, 6.07) is 6.37. The van der Waals surface area contributed by atoms with E-state index >= 15 is 0 Å². The molecule has 1 aromatic rings. The zero-order chi connectivity index (χ0) is 20.1. The third kappa shape index (κ3) is 7.83. The Balaban J connectivity index is 0.00000392. The first kappa shape index (κ1) is 28.3. The average molecular weight is 419 g/mol. The standard InChI is InChI=1S/C20H25NO6.2Na/c1-12(2)17(20(26)27)16(19(24)25)11-13-3-5-14(6-4-13)18(23)21-9-7-15(22)8-10-21;;/h3-6,12,15,22H,7-11H2,1-2H3,(H,24,25)(H,26,27);;/q;2*+1/p-2/b17-16-;;. The molecule has 0 atom stereocenters.